The Kier molecular flexibility index (Phi) is 6.72. The van der Waals surface area contributed by atoms with Crippen LogP contribution in [-0.4, -0.2) is 20.2 Å². The highest BCUT2D eigenvalue weighted by Crippen LogP contribution is 2.29. The lowest BCUT2D eigenvalue weighted by Crippen LogP contribution is -1.99. The second-order valence-corrected chi connectivity index (χ2v) is 4.35. The molecule has 0 radical (unpaired) electrons. The second kappa shape index (κ2) is 8.35. The Morgan fingerprint density at radius 2 is 1.95 bits per heavy atom. The average molecular weight is 262 g/mol. The normalized spacial score (nSPS) is 11.2. The third-order valence-electron chi connectivity index (χ3n) is 3.00. The van der Waals surface area contributed by atoms with Gasteiger partial charge in [0.1, 0.15) is 5.75 Å². The molecule has 0 saturated carbocycles. The van der Waals surface area contributed by atoms with E-state index >= 15 is 0 Å². The molecule has 1 aromatic rings. The predicted molar refractivity (Wildman–Crippen MR) is 77.1 cm³/mol. The summed E-state index contributed by atoms with van der Waals surface area (Å²) in [5.74, 6) is 0.464. The first-order chi connectivity index (χ1) is 9.22. The van der Waals surface area contributed by atoms with Gasteiger partial charge in [-0.1, -0.05) is 38.0 Å². The van der Waals surface area contributed by atoms with Gasteiger partial charge in [-0.3, -0.25) is 0 Å². The van der Waals surface area contributed by atoms with Crippen LogP contribution >= 0.6 is 0 Å². The van der Waals surface area contributed by atoms with Crippen LogP contribution in [0.4, 0.5) is 0 Å². The number of esters is 1. The molecule has 0 fully saturated rings. The SMILES string of the molecule is CCCCC/C(=C\C(=O)OC)c1ccccc1OC. The van der Waals surface area contributed by atoms with Crippen molar-refractivity contribution in [1.29, 1.82) is 0 Å². The number of rotatable bonds is 7. The van der Waals surface area contributed by atoms with Crippen LogP contribution in [0, 0.1) is 0 Å². The molecule has 0 N–H and O–H groups in total. The van der Waals surface area contributed by atoms with Gasteiger partial charge in [-0.25, -0.2) is 4.79 Å². The van der Waals surface area contributed by atoms with E-state index in [2.05, 4.69) is 6.92 Å². The van der Waals surface area contributed by atoms with E-state index in [1.165, 1.54) is 7.11 Å². The fourth-order valence-electron chi connectivity index (χ4n) is 1.96. The molecule has 0 aliphatic carbocycles. The molecular weight excluding hydrogens is 240 g/mol. The minimum Gasteiger partial charge on any atom is -0.496 e. The molecule has 104 valence electrons. The van der Waals surface area contributed by atoms with Crippen molar-refractivity contribution in [3.05, 3.63) is 35.9 Å². The molecule has 0 atom stereocenters. The van der Waals surface area contributed by atoms with Crippen molar-refractivity contribution in [3.63, 3.8) is 0 Å². The first-order valence-corrected chi connectivity index (χ1v) is 6.64. The summed E-state index contributed by atoms with van der Waals surface area (Å²) in [5.41, 5.74) is 1.93. The van der Waals surface area contributed by atoms with Crippen molar-refractivity contribution in [3.8, 4) is 5.75 Å². The van der Waals surface area contributed by atoms with Gasteiger partial charge in [-0.05, 0) is 24.5 Å². The minimum atomic E-state index is -0.322. The molecule has 0 aliphatic rings. The van der Waals surface area contributed by atoms with Crippen LogP contribution in [0.25, 0.3) is 5.57 Å². The Bertz CT molecular complexity index is 435. The van der Waals surface area contributed by atoms with Gasteiger partial charge in [0.05, 0.1) is 14.2 Å². The molecule has 0 unspecified atom stereocenters. The summed E-state index contributed by atoms with van der Waals surface area (Å²) in [7, 11) is 3.03. The number of hydrogen-bond donors (Lipinski definition) is 0. The molecule has 19 heavy (non-hydrogen) atoms. The summed E-state index contributed by atoms with van der Waals surface area (Å²) < 4.78 is 10.1. The van der Waals surface area contributed by atoms with E-state index < -0.39 is 0 Å². The first-order valence-electron chi connectivity index (χ1n) is 6.64. The van der Waals surface area contributed by atoms with Crippen LogP contribution in [0.15, 0.2) is 30.3 Å². The van der Waals surface area contributed by atoms with Crippen LogP contribution in [0.1, 0.15) is 38.2 Å². The van der Waals surface area contributed by atoms with Gasteiger partial charge in [0, 0.05) is 11.6 Å². The molecule has 0 saturated heterocycles. The Morgan fingerprint density at radius 1 is 1.21 bits per heavy atom. The molecule has 0 aromatic heterocycles. The summed E-state index contributed by atoms with van der Waals surface area (Å²) in [5, 5.41) is 0. The molecular formula is C16H22O3. The molecule has 0 spiro atoms. The van der Waals surface area contributed by atoms with E-state index in [0.717, 1.165) is 42.6 Å². The van der Waals surface area contributed by atoms with Gasteiger partial charge in [0.15, 0.2) is 0 Å². The zero-order chi connectivity index (χ0) is 14.1. The van der Waals surface area contributed by atoms with Gasteiger partial charge in [0.2, 0.25) is 0 Å². The van der Waals surface area contributed by atoms with Crippen molar-refractivity contribution in [1.82, 2.24) is 0 Å². The maximum atomic E-state index is 11.5. The lowest BCUT2D eigenvalue weighted by molar-refractivity contribution is -0.134. The largest absolute Gasteiger partial charge is 0.496 e. The van der Waals surface area contributed by atoms with Gasteiger partial charge in [-0.2, -0.15) is 0 Å². The van der Waals surface area contributed by atoms with Crippen molar-refractivity contribution in [2.45, 2.75) is 32.6 Å². The summed E-state index contributed by atoms with van der Waals surface area (Å²) in [6.45, 7) is 2.16. The Labute approximate surface area is 115 Å². The van der Waals surface area contributed by atoms with E-state index in [0.29, 0.717) is 0 Å². The number of allylic oxidation sites excluding steroid dienone is 1. The fourth-order valence-corrected chi connectivity index (χ4v) is 1.96. The van der Waals surface area contributed by atoms with E-state index in [-0.39, 0.29) is 5.97 Å². The average Bonchev–Trinajstić information content (AvgIpc) is 2.46. The molecule has 1 aromatic carbocycles. The number of carbonyl (C=O) groups excluding carboxylic acids is 1. The van der Waals surface area contributed by atoms with Crippen molar-refractivity contribution >= 4 is 11.5 Å². The second-order valence-electron chi connectivity index (χ2n) is 4.35. The number of carbonyl (C=O) groups is 1. The number of ether oxygens (including phenoxy) is 2. The number of hydrogen-bond acceptors (Lipinski definition) is 3. The van der Waals surface area contributed by atoms with E-state index in [1.807, 2.05) is 24.3 Å². The monoisotopic (exact) mass is 262 g/mol. The number of unbranched alkanes of at least 4 members (excludes halogenated alkanes) is 2. The van der Waals surface area contributed by atoms with Gasteiger partial charge < -0.3 is 9.47 Å². The van der Waals surface area contributed by atoms with E-state index in [1.54, 1.807) is 13.2 Å². The zero-order valence-corrected chi connectivity index (χ0v) is 11.9. The van der Waals surface area contributed by atoms with Crippen molar-refractivity contribution < 1.29 is 14.3 Å². The van der Waals surface area contributed by atoms with E-state index in [4.69, 9.17) is 9.47 Å². The molecule has 3 nitrogen and oxygen atoms in total. The van der Waals surface area contributed by atoms with Gasteiger partial charge >= 0.3 is 5.97 Å². The number of benzene rings is 1. The maximum absolute atomic E-state index is 11.5. The predicted octanol–water partition coefficient (Wildman–Crippen LogP) is 3.83. The highest BCUT2D eigenvalue weighted by Gasteiger charge is 2.10. The fraction of sp³-hybridized carbons (Fsp3) is 0.438. The zero-order valence-electron chi connectivity index (χ0n) is 11.9. The molecule has 1 rings (SSSR count). The van der Waals surface area contributed by atoms with E-state index in [9.17, 15) is 4.79 Å². The third kappa shape index (κ3) is 4.78. The van der Waals surface area contributed by atoms with Gasteiger partial charge in [-0.15, -0.1) is 0 Å². The van der Waals surface area contributed by atoms with Crippen molar-refractivity contribution in [2.24, 2.45) is 0 Å². The maximum Gasteiger partial charge on any atom is 0.330 e. The van der Waals surface area contributed by atoms with Crippen LogP contribution < -0.4 is 4.74 Å². The lowest BCUT2D eigenvalue weighted by Gasteiger charge is -2.12. The Morgan fingerprint density at radius 3 is 2.58 bits per heavy atom. The molecule has 3 heteroatoms. The minimum absolute atomic E-state index is 0.322. The lowest BCUT2D eigenvalue weighted by atomic mass is 9.98. The number of methoxy groups -OCH3 is 2. The Balaban J connectivity index is 3.01. The van der Waals surface area contributed by atoms with Crippen LogP contribution in [-0.2, 0) is 9.53 Å². The Hall–Kier alpha value is -1.77. The quantitative estimate of drug-likeness (QED) is 0.425. The highest BCUT2D eigenvalue weighted by atomic mass is 16.5. The molecule has 0 aliphatic heterocycles. The summed E-state index contributed by atoms with van der Waals surface area (Å²) in [6.07, 6.45) is 5.76. The van der Waals surface area contributed by atoms with Crippen molar-refractivity contribution in [2.75, 3.05) is 14.2 Å². The smallest absolute Gasteiger partial charge is 0.330 e. The van der Waals surface area contributed by atoms with Gasteiger partial charge in [0.25, 0.3) is 0 Å². The third-order valence-corrected chi connectivity index (χ3v) is 3.00. The topological polar surface area (TPSA) is 35.5 Å². The molecule has 0 bridgehead atoms. The molecule has 0 heterocycles. The first kappa shape index (κ1) is 15.3. The highest BCUT2D eigenvalue weighted by molar-refractivity contribution is 5.92. The standard InChI is InChI=1S/C16H22O3/c1-4-5-6-9-13(12-16(17)19-3)14-10-7-8-11-15(14)18-2/h7-8,10-12H,4-6,9H2,1-3H3/b13-12+. The summed E-state index contributed by atoms with van der Waals surface area (Å²) >= 11 is 0. The summed E-state index contributed by atoms with van der Waals surface area (Å²) in [4.78, 5) is 11.5. The van der Waals surface area contributed by atoms with Crippen LogP contribution in [0.3, 0.4) is 0 Å². The summed E-state index contributed by atoms with van der Waals surface area (Å²) in [6, 6.07) is 7.74. The van der Waals surface area contributed by atoms with Crippen LogP contribution in [0.2, 0.25) is 0 Å². The van der Waals surface area contributed by atoms with Crippen LogP contribution in [0.5, 0.6) is 5.75 Å². The molecule has 0 amide bonds. The number of para-hydroxylation sites is 1.